The zero-order valence-electron chi connectivity index (χ0n) is 15.4. The summed E-state index contributed by atoms with van der Waals surface area (Å²) in [5, 5.41) is 9.82. The molecule has 1 saturated carbocycles. The number of para-hydroxylation sites is 1. The van der Waals surface area contributed by atoms with Gasteiger partial charge in [-0.1, -0.05) is 47.5 Å². The highest BCUT2D eigenvalue weighted by Crippen LogP contribution is 2.35. The number of anilines is 2. The molecular formula is C21H18Cl2N6. The number of nitrogen functional groups attached to an aromatic ring is 1. The van der Waals surface area contributed by atoms with Gasteiger partial charge in [-0.3, -0.25) is 0 Å². The number of rotatable bonds is 5. The predicted octanol–water partition coefficient (Wildman–Crippen LogP) is 5.19. The average Bonchev–Trinajstić information content (AvgIpc) is 3.49. The van der Waals surface area contributed by atoms with Crippen molar-refractivity contribution in [2.24, 2.45) is 5.92 Å². The second kappa shape index (κ2) is 7.21. The van der Waals surface area contributed by atoms with Crippen molar-refractivity contribution in [3.63, 3.8) is 0 Å². The third-order valence-corrected chi connectivity index (χ3v) is 5.55. The fraction of sp³-hybridized carbons (Fsp3) is 0.190. The standard InChI is InChI=1S/C21H18Cl2N6/c22-14-5-3-4-13(10-14)18-17-19(24)29(16-7-2-1-6-15(16)23)28-20(17)27-21(26-18)25-11-12-8-9-12/h1-7,10,12H,8-9,11,24H2,(H,25,27,28). The zero-order valence-corrected chi connectivity index (χ0v) is 17.0. The number of fused-ring (bicyclic) bond motifs is 1. The fourth-order valence-corrected chi connectivity index (χ4v) is 3.71. The number of nitrogens with two attached hydrogens (primary N) is 1. The lowest BCUT2D eigenvalue weighted by atomic mass is 10.1. The van der Waals surface area contributed by atoms with Crippen LogP contribution in [0.3, 0.4) is 0 Å². The fourth-order valence-electron chi connectivity index (χ4n) is 3.30. The molecule has 0 radical (unpaired) electrons. The molecule has 0 amide bonds. The quantitative estimate of drug-likeness (QED) is 0.460. The number of halogens is 2. The highest BCUT2D eigenvalue weighted by Gasteiger charge is 2.23. The van der Waals surface area contributed by atoms with E-state index in [1.54, 1.807) is 10.7 Å². The van der Waals surface area contributed by atoms with Crippen LogP contribution in [0.25, 0.3) is 28.0 Å². The first kappa shape index (κ1) is 18.2. The van der Waals surface area contributed by atoms with Gasteiger partial charge in [0.15, 0.2) is 5.65 Å². The van der Waals surface area contributed by atoms with Crippen LogP contribution < -0.4 is 11.1 Å². The van der Waals surface area contributed by atoms with Crippen LogP contribution in [-0.4, -0.2) is 26.3 Å². The number of nitrogens with one attached hydrogen (secondary N) is 1. The molecule has 3 N–H and O–H groups in total. The minimum Gasteiger partial charge on any atom is -0.383 e. The summed E-state index contributed by atoms with van der Waals surface area (Å²) in [6.45, 7) is 0.848. The first-order valence-electron chi connectivity index (χ1n) is 9.41. The van der Waals surface area contributed by atoms with Crippen LogP contribution in [-0.2, 0) is 0 Å². The minimum atomic E-state index is 0.428. The molecule has 4 aromatic rings. The van der Waals surface area contributed by atoms with Crippen molar-refractivity contribution in [2.45, 2.75) is 12.8 Å². The monoisotopic (exact) mass is 424 g/mol. The minimum absolute atomic E-state index is 0.428. The van der Waals surface area contributed by atoms with Crippen LogP contribution >= 0.6 is 23.2 Å². The predicted molar refractivity (Wildman–Crippen MR) is 118 cm³/mol. The van der Waals surface area contributed by atoms with E-state index in [0.29, 0.717) is 50.1 Å². The number of nitrogens with zero attached hydrogens (tertiary/aromatic N) is 4. The Labute approximate surface area is 177 Å². The molecule has 0 atom stereocenters. The van der Waals surface area contributed by atoms with Crippen LogP contribution in [0.1, 0.15) is 12.8 Å². The van der Waals surface area contributed by atoms with Crippen LogP contribution in [0.5, 0.6) is 0 Å². The molecule has 29 heavy (non-hydrogen) atoms. The van der Waals surface area contributed by atoms with E-state index in [1.807, 2.05) is 42.5 Å². The molecular weight excluding hydrogens is 407 g/mol. The van der Waals surface area contributed by atoms with Gasteiger partial charge >= 0.3 is 0 Å². The van der Waals surface area contributed by atoms with Gasteiger partial charge in [-0.25, -0.2) is 9.67 Å². The maximum absolute atomic E-state index is 6.51. The number of benzene rings is 2. The Hall–Kier alpha value is -2.83. The van der Waals surface area contributed by atoms with Crippen molar-refractivity contribution in [3.05, 3.63) is 58.6 Å². The molecule has 0 unspecified atom stereocenters. The van der Waals surface area contributed by atoms with Crippen molar-refractivity contribution in [1.82, 2.24) is 19.7 Å². The van der Waals surface area contributed by atoms with Gasteiger partial charge in [-0.2, -0.15) is 4.98 Å². The van der Waals surface area contributed by atoms with E-state index in [4.69, 9.17) is 33.9 Å². The Morgan fingerprint density at radius 3 is 2.66 bits per heavy atom. The summed E-state index contributed by atoms with van der Waals surface area (Å²) in [5.41, 5.74) is 9.24. The molecule has 0 spiro atoms. The molecule has 0 aliphatic heterocycles. The van der Waals surface area contributed by atoms with Crippen molar-refractivity contribution in [1.29, 1.82) is 0 Å². The summed E-state index contributed by atoms with van der Waals surface area (Å²) in [5.74, 6) is 1.65. The second-order valence-corrected chi connectivity index (χ2v) is 8.02. The van der Waals surface area contributed by atoms with E-state index in [-0.39, 0.29) is 0 Å². The topological polar surface area (TPSA) is 81.7 Å². The normalized spacial score (nSPS) is 13.7. The summed E-state index contributed by atoms with van der Waals surface area (Å²) < 4.78 is 1.61. The lowest BCUT2D eigenvalue weighted by Gasteiger charge is -2.09. The van der Waals surface area contributed by atoms with Gasteiger partial charge in [0, 0.05) is 17.1 Å². The summed E-state index contributed by atoms with van der Waals surface area (Å²) in [4.78, 5) is 9.37. The van der Waals surface area contributed by atoms with Gasteiger partial charge in [-0.15, -0.1) is 5.10 Å². The summed E-state index contributed by atoms with van der Waals surface area (Å²) in [6, 6.07) is 14.9. The molecule has 6 nitrogen and oxygen atoms in total. The lowest BCUT2D eigenvalue weighted by Crippen LogP contribution is -2.07. The Morgan fingerprint density at radius 1 is 1.07 bits per heavy atom. The number of hydrogen-bond donors (Lipinski definition) is 2. The third kappa shape index (κ3) is 3.50. The highest BCUT2D eigenvalue weighted by molar-refractivity contribution is 6.32. The smallest absolute Gasteiger partial charge is 0.225 e. The molecule has 0 saturated heterocycles. The molecule has 2 heterocycles. The van der Waals surface area contributed by atoms with Gasteiger partial charge in [-0.05, 0) is 43.0 Å². The first-order valence-corrected chi connectivity index (χ1v) is 10.2. The molecule has 0 bridgehead atoms. The molecule has 2 aromatic carbocycles. The largest absolute Gasteiger partial charge is 0.383 e. The van der Waals surface area contributed by atoms with Gasteiger partial charge in [0.1, 0.15) is 5.82 Å². The third-order valence-electron chi connectivity index (χ3n) is 4.99. The van der Waals surface area contributed by atoms with E-state index >= 15 is 0 Å². The van der Waals surface area contributed by atoms with E-state index < -0.39 is 0 Å². The van der Waals surface area contributed by atoms with Gasteiger partial charge in [0.05, 0.1) is 21.8 Å². The van der Waals surface area contributed by atoms with Crippen molar-refractivity contribution in [2.75, 3.05) is 17.6 Å². The first-order chi connectivity index (χ1) is 14.1. The van der Waals surface area contributed by atoms with Gasteiger partial charge in [0.2, 0.25) is 5.95 Å². The van der Waals surface area contributed by atoms with Crippen LogP contribution in [0.2, 0.25) is 10.0 Å². The molecule has 1 aliphatic carbocycles. The molecule has 2 aromatic heterocycles. The molecule has 5 rings (SSSR count). The van der Waals surface area contributed by atoms with Crippen LogP contribution in [0.15, 0.2) is 48.5 Å². The van der Waals surface area contributed by atoms with E-state index in [2.05, 4.69) is 15.4 Å². The molecule has 1 fully saturated rings. The van der Waals surface area contributed by atoms with E-state index in [9.17, 15) is 0 Å². The maximum Gasteiger partial charge on any atom is 0.225 e. The lowest BCUT2D eigenvalue weighted by molar-refractivity contribution is 0.872. The Bertz CT molecular complexity index is 1220. The van der Waals surface area contributed by atoms with E-state index in [0.717, 1.165) is 12.1 Å². The SMILES string of the molecule is Nc1c2c(-c3cccc(Cl)c3)nc(NCC3CC3)nc2nn1-c1ccccc1Cl. The van der Waals surface area contributed by atoms with Gasteiger partial charge < -0.3 is 11.1 Å². The molecule has 8 heteroatoms. The van der Waals surface area contributed by atoms with Gasteiger partial charge in [0.25, 0.3) is 0 Å². The Kier molecular flexibility index (Phi) is 4.53. The summed E-state index contributed by atoms with van der Waals surface area (Å²) in [6.07, 6.45) is 2.48. The second-order valence-electron chi connectivity index (χ2n) is 7.18. The van der Waals surface area contributed by atoms with E-state index in [1.165, 1.54) is 12.8 Å². The van der Waals surface area contributed by atoms with Crippen molar-refractivity contribution >= 4 is 46.0 Å². The van der Waals surface area contributed by atoms with Crippen molar-refractivity contribution < 1.29 is 0 Å². The van der Waals surface area contributed by atoms with Crippen LogP contribution in [0.4, 0.5) is 11.8 Å². The van der Waals surface area contributed by atoms with Crippen LogP contribution in [0, 0.1) is 5.92 Å². The zero-order chi connectivity index (χ0) is 20.0. The summed E-state index contributed by atoms with van der Waals surface area (Å²) in [7, 11) is 0. The average molecular weight is 425 g/mol. The molecule has 146 valence electrons. The Balaban J connectivity index is 1.72. The summed E-state index contributed by atoms with van der Waals surface area (Å²) >= 11 is 12.6. The maximum atomic E-state index is 6.51. The number of aromatic nitrogens is 4. The Morgan fingerprint density at radius 2 is 1.90 bits per heavy atom. The molecule has 1 aliphatic rings. The number of hydrogen-bond acceptors (Lipinski definition) is 5. The highest BCUT2D eigenvalue weighted by atomic mass is 35.5. The van der Waals surface area contributed by atoms with Crippen molar-refractivity contribution in [3.8, 4) is 16.9 Å².